The van der Waals surface area contributed by atoms with Crippen LogP contribution in [0.15, 0.2) is 24.5 Å². The molecule has 0 bridgehead atoms. The van der Waals surface area contributed by atoms with E-state index in [-0.39, 0.29) is 12.1 Å². The van der Waals surface area contributed by atoms with Gasteiger partial charge in [-0.2, -0.15) is 5.10 Å². The topological polar surface area (TPSA) is 52.0 Å². The lowest BCUT2D eigenvalue weighted by molar-refractivity contribution is 0.241. The molecule has 1 N–H and O–H groups in total. The van der Waals surface area contributed by atoms with Crippen molar-refractivity contribution in [2.24, 2.45) is 7.05 Å². The third kappa shape index (κ3) is 3.61. The maximum Gasteiger partial charge on any atom is 0.138 e. The molecule has 5 nitrogen and oxygen atoms in total. The molecule has 0 amide bonds. The van der Waals surface area contributed by atoms with Crippen LogP contribution in [-0.2, 0) is 13.5 Å². The van der Waals surface area contributed by atoms with E-state index in [1.165, 1.54) is 0 Å². The quantitative estimate of drug-likeness (QED) is 0.887. The summed E-state index contributed by atoms with van der Waals surface area (Å²) in [6.45, 7) is 6.13. The zero-order chi connectivity index (χ0) is 15.4. The first-order valence-electron chi connectivity index (χ1n) is 7.36. The van der Waals surface area contributed by atoms with Crippen molar-refractivity contribution in [1.29, 1.82) is 0 Å². The van der Waals surface area contributed by atoms with Crippen LogP contribution in [0.5, 0.6) is 5.75 Å². The van der Waals surface area contributed by atoms with Gasteiger partial charge in [0.25, 0.3) is 0 Å². The minimum absolute atomic E-state index is 0.0472. The highest BCUT2D eigenvalue weighted by Gasteiger charge is 2.18. The fourth-order valence-corrected chi connectivity index (χ4v) is 2.40. The summed E-state index contributed by atoms with van der Waals surface area (Å²) in [5.41, 5.74) is 3.29. The summed E-state index contributed by atoms with van der Waals surface area (Å²) in [5, 5.41) is 7.86. The van der Waals surface area contributed by atoms with Crippen LogP contribution in [0.25, 0.3) is 0 Å². The number of aryl methyl sites for hydroxylation is 2. The maximum atomic E-state index is 5.73. The summed E-state index contributed by atoms with van der Waals surface area (Å²) < 4.78 is 7.66. The first-order chi connectivity index (χ1) is 10.0. The molecule has 2 aromatic rings. The SMILES string of the molecule is CCc1cc(C(NC)c2cncc(OC(C)C)c2)n(C)n1. The second-order valence-corrected chi connectivity index (χ2v) is 5.38. The van der Waals surface area contributed by atoms with Crippen LogP contribution in [0.4, 0.5) is 0 Å². The molecule has 2 aromatic heterocycles. The monoisotopic (exact) mass is 288 g/mol. The largest absolute Gasteiger partial charge is 0.489 e. The van der Waals surface area contributed by atoms with Gasteiger partial charge in [0.05, 0.1) is 29.7 Å². The van der Waals surface area contributed by atoms with Crippen LogP contribution in [0.2, 0.25) is 0 Å². The number of hydrogen-bond donors (Lipinski definition) is 1. The average molecular weight is 288 g/mol. The van der Waals surface area contributed by atoms with E-state index in [0.717, 1.165) is 29.1 Å². The van der Waals surface area contributed by atoms with Crippen molar-refractivity contribution in [3.63, 3.8) is 0 Å². The minimum Gasteiger partial charge on any atom is -0.489 e. The van der Waals surface area contributed by atoms with E-state index in [1.54, 1.807) is 6.20 Å². The van der Waals surface area contributed by atoms with Crippen LogP contribution in [-0.4, -0.2) is 27.9 Å². The molecule has 0 aliphatic heterocycles. The summed E-state index contributed by atoms with van der Waals surface area (Å²) in [4.78, 5) is 4.29. The number of aromatic nitrogens is 3. The molecule has 1 atom stereocenters. The molecule has 0 aliphatic carbocycles. The van der Waals surface area contributed by atoms with E-state index in [4.69, 9.17) is 4.74 Å². The lowest BCUT2D eigenvalue weighted by Gasteiger charge is -2.18. The van der Waals surface area contributed by atoms with Gasteiger partial charge < -0.3 is 10.1 Å². The standard InChI is InChI=1S/C16H24N4O/c1-6-13-8-15(20(5)19-13)16(17-4)12-7-14(10-18-9-12)21-11(2)3/h7-11,16-17H,6H2,1-5H3. The Hall–Kier alpha value is -1.88. The lowest BCUT2D eigenvalue weighted by atomic mass is 10.1. The van der Waals surface area contributed by atoms with Crippen molar-refractivity contribution in [3.05, 3.63) is 41.5 Å². The van der Waals surface area contributed by atoms with E-state index in [1.807, 2.05) is 44.9 Å². The normalized spacial score (nSPS) is 12.7. The fraction of sp³-hybridized carbons (Fsp3) is 0.500. The van der Waals surface area contributed by atoms with E-state index in [0.29, 0.717) is 0 Å². The summed E-state index contributed by atoms with van der Waals surface area (Å²) in [6.07, 6.45) is 4.68. The summed E-state index contributed by atoms with van der Waals surface area (Å²) >= 11 is 0. The molecule has 0 aromatic carbocycles. The number of ether oxygens (including phenoxy) is 1. The molecule has 2 rings (SSSR count). The van der Waals surface area contributed by atoms with Gasteiger partial charge in [0.2, 0.25) is 0 Å². The Balaban J connectivity index is 2.34. The second kappa shape index (κ2) is 6.72. The predicted octanol–water partition coefficient (Wildman–Crippen LogP) is 2.47. The van der Waals surface area contributed by atoms with Crippen LogP contribution < -0.4 is 10.1 Å². The first kappa shape index (κ1) is 15.5. The van der Waals surface area contributed by atoms with Gasteiger partial charge in [-0.3, -0.25) is 9.67 Å². The van der Waals surface area contributed by atoms with Gasteiger partial charge in [0.1, 0.15) is 5.75 Å². The molecule has 21 heavy (non-hydrogen) atoms. The van der Waals surface area contributed by atoms with Crippen molar-refractivity contribution in [2.45, 2.75) is 39.3 Å². The van der Waals surface area contributed by atoms with E-state index < -0.39 is 0 Å². The van der Waals surface area contributed by atoms with Gasteiger partial charge in [0.15, 0.2) is 0 Å². The molecule has 0 fully saturated rings. The molecule has 5 heteroatoms. The molecule has 114 valence electrons. The number of nitrogens with one attached hydrogen (secondary N) is 1. The Morgan fingerprint density at radius 1 is 1.29 bits per heavy atom. The Kier molecular flexibility index (Phi) is 4.96. The summed E-state index contributed by atoms with van der Waals surface area (Å²) in [5.74, 6) is 0.792. The van der Waals surface area contributed by atoms with Gasteiger partial charge in [-0.15, -0.1) is 0 Å². The third-order valence-electron chi connectivity index (χ3n) is 3.35. The number of nitrogens with zero attached hydrogens (tertiary/aromatic N) is 3. The highest BCUT2D eigenvalue weighted by molar-refractivity contribution is 5.32. The molecule has 2 heterocycles. The van der Waals surface area contributed by atoms with Crippen LogP contribution in [0, 0.1) is 0 Å². The molecule has 0 radical (unpaired) electrons. The number of pyridine rings is 1. The van der Waals surface area contributed by atoms with Gasteiger partial charge in [0, 0.05) is 13.2 Å². The number of hydrogen-bond acceptors (Lipinski definition) is 4. The van der Waals surface area contributed by atoms with E-state index in [2.05, 4.69) is 28.4 Å². The molecule has 0 saturated carbocycles. The molecular formula is C16H24N4O. The molecular weight excluding hydrogens is 264 g/mol. The van der Waals surface area contributed by atoms with Crippen LogP contribution >= 0.6 is 0 Å². The zero-order valence-corrected chi connectivity index (χ0v) is 13.4. The van der Waals surface area contributed by atoms with Gasteiger partial charge in [-0.25, -0.2) is 0 Å². The average Bonchev–Trinajstić information content (AvgIpc) is 2.81. The second-order valence-electron chi connectivity index (χ2n) is 5.38. The highest BCUT2D eigenvalue weighted by Crippen LogP contribution is 2.25. The Morgan fingerprint density at radius 3 is 2.62 bits per heavy atom. The van der Waals surface area contributed by atoms with Gasteiger partial charge >= 0.3 is 0 Å². The molecule has 0 aliphatic rings. The Bertz CT molecular complexity index is 592. The zero-order valence-electron chi connectivity index (χ0n) is 13.4. The Morgan fingerprint density at radius 2 is 2.05 bits per heavy atom. The van der Waals surface area contributed by atoms with Gasteiger partial charge in [-0.05, 0) is 45.0 Å². The highest BCUT2D eigenvalue weighted by atomic mass is 16.5. The summed E-state index contributed by atoms with van der Waals surface area (Å²) in [6, 6.07) is 4.22. The van der Waals surface area contributed by atoms with Crippen molar-refractivity contribution < 1.29 is 4.74 Å². The fourth-order valence-electron chi connectivity index (χ4n) is 2.40. The van der Waals surface area contributed by atoms with Crippen molar-refractivity contribution >= 4 is 0 Å². The predicted molar refractivity (Wildman–Crippen MR) is 83.5 cm³/mol. The number of rotatable bonds is 6. The molecule has 0 spiro atoms. The minimum atomic E-state index is 0.0472. The third-order valence-corrected chi connectivity index (χ3v) is 3.35. The van der Waals surface area contributed by atoms with Crippen LogP contribution in [0.3, 0.4) is 0 Å². The Labute approximate surface area is 126 Å². The first-order valence-corrected chi connectivity index (χ1v) is 7.36. The summed E-state index contributed by atoms with van der Waals surface area (Å²) in [7, 11) is 3.92. The maximum absolute atomic E-state index is 5.73. The van der Waals surface area contributed by atoms with Crippen molar-refractivity contribution in [3.8, 4) is 5.75 Å². The smallest absolute Gasteiger partial charge is 0.138 e. The lowest BCUT2D eigenvalue weighted by Crippen LogP contribution is -2.21. The van der Waals surface area contributed by atoms with Crippen LogP contribution in [0.1, 0.15) is 43.8 Å². The van der Waals surface area contributed by atoms with E-state index >= 15 is 0 Å². The van der Waals surface area contributed by atoms with E-state index in [9.17, 15) is 0 Å². The molecule has 0 saturated heterocycles. The van der Waals surface area contributed by atoms with Gasteiger partial charge in [-0.1, -0.05) is 6.92 Å². The van der Waals surface area contributed by atoms with Crippen molar-refractivity contribution in [2.75, 3.05) is 7.05 Å². The van der Waals surface area contributed by atoms with Crippen molar-refractivity contribution in [1.82, 2.24) is 20.1 Å². The molecule has 1 unspecified atom stereocenters.